The van der Waals surface area contributed by atoms with Gasteiger partial charge >= 0.3 is 0 Å². The molecule has 0 radical (unpaired) electrons. The molecule has 0 bridgehead atoms. The molecule has 0 amide bonds. The summed E-state index contributed by atoms with van der Waals surface area (Å²) in [6.45, 7) is 5.80. The Balaban J connectivity index is 1.64. The van der Waals surface area contributed by atoms with Gasteiger partial charge < -0.3 is 9.32 Å². The predicted molar refractivity (Wildman–Crippen MR) is 77.4 cm³/mol. The van der Waals surface area contributed by atoms with Crippen LogP contribution in [0.3, 0.4) is 0 Å². The van der Waals surface area contributed by atoms with Crippen LogP contribution in [0.15, 0.2) is 16.5 Å². The number of likely N-dealkylation sites (tertiary alicyclic amines) is 2. The van der Waals surface area contributed by atoms with Gasteiger partial charge in [0, 0.05) is 13.1 Å². The topological polar surface area (TPSA) is 19.6 Å². The average molecular weight is 283 g/mol. The summed E-state index contributed by atoms with van der Waals surface area (Å²) in [5.41, 5.74) is 0.516. The highest BCUT2D eigenvalue weighted by molar-refractivity contribution is 6.28. The van der Waals surface area contributed by atoms with Gasteiger partial charge in [0.1, 0.15) is 5.76 Å². The van der Waals surface area contributed by atoms with E-state index in [1.165, 1.54) is 51.9 Å². The van der Waals surface area contributed by atoms with Crippen LogP contribution >= 0.6 is 11.6 Å². The fraction of sp³-hybridized carbons (Fsp3) is 0.733. The molecule has 2 fully saturated rings. The molecule has 19 heavy (non-hydrogen) atoms. The fourth-order valence-electron chi connectivity index (χ4n) is 3.89. The number of furan rings is 1. The zero-order valence-electron chi connectivity index (χ0n) is 11.7. The van der Waals surface area contributed by atoms with E-state index < -0.39 is 0 Å². The van der Waals surface area contributed by atoms with Crippen LogP contribution in [-0.2, 0) is 6.54 Å². The van der Waals surface area contributed by atoms with Crippen LogP contribution in [0, 0.1) is 5.41 Å². The minimum absolute atomic E-state index is 0.499. The van der Waals surface area contributed by atoms with Crippen molar-refractivity contribution in [3.05, 3.63) is 23.1 Å². The van der Waals surface area contributed by atoms with Crippen LogP contribution < -0.4 is 0 Å². The van der Waals surface area contributed by atoms with E-state index in [-0.39, 0.29) is 0 Å². The first-order valence-corrected chi connectivity index (χ1v) is 7.68. The summed E-state index contributed by atoms with van der Waals surface area (Å²) in [6.07, 6.45) is 5.42. The van der Waals surface area contributed by atoms with Gasteiger partial charge in [-0.2, -0.15) is 0 Å². The first kappa shape index (κ1) is 13.5. The van der Waals surface area contributed by atoms with Crippen molar-refractivity contribution < 1.29 is 4.42 Å². The third-order valence-electron chi connectivity index (χ3n) is 4.60. The second-order valence-electron chi connectivity index (χ2n) is 6.36. The van der Waals surface area contributed by atoms with Gasteiger partial charge in [-0.05, 0) is 75.0 Å². The van der Waals surface area contributed by atoms with Crippen molar-refractivity contribution in [3.8, 4) is 0 Å². The Bertz CT molecular complexity index is 430. The maximum Gasteiger partial charge on any atom is 0.193 e. The van der Waals surface area contributed by atoms with Crippen molar-refractivity contribution in [1.82, 2.24) is 9.80 Å². The summed E-state index contributed by atoms with van der Waals surface area (Å²) in [7, 11) is 2.26. The van der Waals surface area contributed by atoms with E-state index in [9.17, 15) is 0 Å². The SMILES string of the molecule is CN1CCC[C@]2(CCCN(Cc3ccc(Cl)o3)C2)C1. The minimum Gasteiger partial charge on any atom is -0.448 e. The lowest BCUT2D eigenvalue weighted by Crippen LogP contribution is -2.51. The lowest BCUT2D eigenvalue weighted by molar-refractivity contribution is 0.0174. The van der Waals surface area contributed by atoms with Crippen molar-refractivity contribution in [2.45, 2.75) is 32.2 Å². The van der Waals surface area contributed by atoms with Gasteiger partial charge in [0.2, 0.25) is 0 Å². The van der Waals surface area contributed by atoms with E-state index in [4.69, 9.17) is 16.0 Å². The Kier molecular flexibility index (Phi) is 3.88. The molecule has 0 saturated carbocycles. The second-order valence-corrected chi connectivity index (χ2v) is 6.73. The van der Waals surface area contributed by atoms with Gasteiger partial charge in [-0.25, -0.2) is 0 Å². The van der Waals surface area contributed by atoms with Gasteiger partial charge in [0.15, 0.2) is 5.22 Å². The zero-order valence-corrected chi connectivity index (χ0v) is 12.5. The number of hydrogen-bond acceptors (Lipinski definition) is 3. The summed E-state index contributed by atoms with van der Waals surface area (Å²) in [5, 5.41) is 0.499. The minimum atomic E-state index is 0.499. The molecule has 1 aromatic heterocycles. The van der Waals surface area contributed by atoms with E-state index in [1.54, 1.807) is 0 Å². The highest BCUT2D eigenvalue weighted by Crippen LogP contribution is 2.38. The largest absolute Gasteiger partial charge is 0.448 e. The second kappa shape index (κ2) is 5.47. The molecule has 2 saturated heterocycles. The normalized spacial score (nSPS) is 30.0. The third-order valence-corrected chi connectivity index (χ3v) is 4.80. The van der Waals surface area contributed by atoms with Crippen LogP contribution in [0.25, 0.3) is 0 Å². The molecule has 3 rings (SSSR count). The van der Waals surface area contributed by atoms with Crippen molar-refractivity contribution in [2.75, 3.05) is 33.2 Å². The molecule has 0 aromatic carbocycles. The van der Waals surface area contributed by atoms with Gasteiger partial charge in [-0.3, -0.25) is 4.90 Å². The number of hydrogen-bond donors (Lipinski definition) is 0. The predicted octanol–water partition coefficient (Wildman–Crippen LogP) is 3.24. The Morgan fingerprint density at radius 3 is 2.68 bits per heavy atom. The number of nitrogens with zero attached hydrogens (tertiary/aromatic N) is 2. The van der Waals surface area contributed by atoms with Crippen LogP contribution in [0.2, 0.25) is 5.22 Å². The standard InChI is InChI=1S/C15H23ClN2O/c1-17-8-2-6-15(11-17)7-3-9-18(12-15)10-13-4-5-14(16)19-13/h4-5H,2-3,6-12H2,1H3/t15-/m0/s1. The quantitative estimate of drug-likeness (QED) is 0.830. The molecular formula is C15H23ClN2O. The Labute approximate surface area is 120 Å². The molecule has 0 N–H and O–H groups in total. The molecule has 1 aromatic rings. The average Bonchev–Trinajstić information content (AvgIpc) is 2.74. The Morgan fingerprint density at radius 2 is 2.00 bits per heavy atom. The molecule has 0 unspecified atom stereocenters. The Morgan fingerprint density at radius 1 is 1.21 bits per heavy atom. The smallest absolute Gasteiger partial charge is 0.193 e. The molecule has 2 aliphatic heterocycles. The lowest BCUT2D eigenvalue weighted by atomic mass is 9.74. The summed E-state index contributed by atoms with van der Waals surface area (Å²) < 4.78 is 5.50. The van der Waals surface area contributed by atoms with Crippen LogP contribution in [0.4, 0.5) is 0 Å². The Hall–Kier alpha value is -0.510. The van der Waals surface area contributed by atoms with E-state index in [2.05, 4.69) is 16.8 Å². The summed E-state index contributed by atoms with van der Waals surface area (Å²) in [4.78, 5) is 5.04. The number of rotatable bonds is 2. The summed E-state index contributed by atoms with van der Waals surface area (Å²) in [6, 6.07) is 3.83. The van der Waals surface area contributed by atoms with Crippen molar-refractivity contribution in [2.24, 2.45) is 5.41 Å². The molecule has 1 atom stereocenters. The van der Waals surface area contributed by atoms with E-state index in [0.717, 1.165) is 12.3 Å². The van der Waals surface area contributed by atoms with Crippen molar-refractivity contribution >= 4 is 11.6 Å². The highest BCUT2D eigenvalue weighted by Gasteiger charge is 2.38. The fourth-order valence-corrected chi connectivity index (χ4v) is 4.05. The lowest BCUT2D eigenvalue weighted by Gasteiger charge is -2.47. The zero-order chi connectivity index (χ0) is 13.3. The van der Waals surface area contributed by atoms with Gasteiger partial charge in [0.05, 0.1) is 6.54 Å². The molecule has 4 heteroatoms. The molecule has 2 aliphatic rings. The van der Waals surface area contributed by atoms with Crippen LogP contribution in [-0.4, -0.2) is 43.0 Å². The van der Waals surface area contributed by atoms with E-state index in [0.29, 0.717) is 10.6 Å². The maximum absolute atomic E-state index is 5.85. The maximum atomic E-state index is 5.85. The number of halogens is 1. The highest BCUT2D eigenvalue weighted by atomic mass is 35.5. The molecule has 3 nitrogen and oxygen atoms in total. The summed E-state index contributed by atoms with van der Waals surface area (Å²) >= 11 is 5.85. The van der Waals surface area contributed by atoms with Gasteiger partial charge in [-0.15, -0.1) is 0 Å². The van der Waals surface area contributed by atoms with Crippen molar-refractivity contribution in [3.63, 3.8) is 0 Å². The summed E-state index contributed by atoms with van der Waals surface area (Å²) in [5.74, 6) is 0.992. The molecule has 106 valence electrons. The van der Waals surface area contributed by atoms with E-state index >= 15 is 0 Å². The van der Waals surface area contributed by atoms with Crippen LogP contribution in [0.5, 0.6) is 0 Å². The number of piperidine rings is 2. The molecule has 3 heterocycles. The first-order valence-electron chi connectivity index (χ1n) is 7.30. The van der Waals surface area contributed by atoms with Gasteiger partial charge in [0.25, 0.3) is 0 Å². The first-order chi connectivity index (χ1) is 9.15. The molecular weight excluding hydrogens is 260 g/mol. The molecule has 1 spiro atoms. The van der Waals surface area contributed by atoms with Gasteiger partial charge in [-0.1, -0.05) is 0 Å². The molecule has 0 aliphatic carbocycles. The van der Waals surface area contributed by atoms with Crippen LogP contribution in [0.1, 0.15) is 31.4 Å². The van der Waals surface area contributed by atoms with Crippen molar-refractivity contribution in [1.29, 1.82) is 0 Å². The monoisotopic (exact) mass is 282 g/mol. The van der Waals surface area contributed by atoms with E-state index in [1.807, 2.05) is 12.1 Å². The third kappa shape index (κ3) is 3.15.